The Morgan fingerprint density at radius 3 is 2.16 bits per heavy atom. The molecule has 1 atom stereocenters. The SMILES string of the molecule is CCCNC(=O)C(C)N(Cc1ccccc1C)C(=O)CN(c1cccc(C)c1C)S(=O)(=O)c1ccccc1. The van der Waals surface area contributed by atoms with Crippen molar-refractivity contribution in [3.63, 3.8) is 0 Å². The standard InChI is InChI=1S/C30H37N3O4S/c1-6-19-31-30(35)25(5)32(20-26-15-11-10-13-23(26)3)29(34)21-33(28-18-12-14-22(2)24(28)4)38(36,37)27-16-8-7-9-17-27/h7-18,25H,6,19-21H2,1-5H3,(H,31,35). The topological polar surface area (TPSA) is 86.8 Å². The summed E-state index contributed by atoms with van der Waals surface area (Å²) in [6, 6.07) is 20.3. The molecule has 0 fully saturated rings. The van der Waals surface area contributed by atoms with Gasteiger partial charge in [-0.25, -0.2) is 8.42 Å². The van der Waals surface area contributed by atoms with Crippen molar-refractivity contribution in [1.82, 2.24) is 10.2 Å². The van der Waals surface area contributed by atoms with Gasteiger partial charge in [0, 0.05) is 13.1 Å². The number of benzene rings is 3. The number of sulfonamides is 1. The minimum absolute atomic E-state index is 0.0906. The lowest BCUT2D eigenvalue weighted by atomic mass is 10.1. The van der Waals surface area contributed by atoms with E-state index < -0.39 is 28.5 Å². The molecule has 8 heteroatoms. The van der Waals surface area contributed by atoms with Crippen LogP contribution in [0.1, 0.15) is 42.5 Å². The molecule has 0 aromatic heterocycles. The summed E-state index contributed by atoms with van der Waals surface area (Å²) in [7, 11) is -4.08. The number of amides is 2. The maximum Gasteiger partial charge on any atom is 0.264 e. The molecule has 0 bridgehead atoms. The smallest absolute Gasteiger partial charge is 0.264 e. The molecule has 0 spiro atoms. The molecule has 0 saturated carbocycles. The Balaban J connectivity index is 2.06. The highest BCUT2D eigenvalue weighted by Gasteiger charge is 2.33. The third kappa shape index (κ3) is 6.61. The summed E-state index contributed by atoms with van der Waals surface area (Å²) < 4.78 is 28.9. The summed E-state index contributed by atoms with van der Waals surface area (Å²) in [5.41, 5.74) is 3.97. The van der Waals surface area contributed by atoms with Crippen LogP contribution in [0.3, 0.4) is 0 Å². The lowest BCUT2D eigenvalue weighted by Crippen LogP contribution is -2.51. The number of carbonyl (C=O) groups is 2. The molecular formula is C30H37N3O4S. The van der Waals surface area contributed by atoms with Crippen molar-refractivity contribution in [3.8, 4) is 0 Å². The van der Waals surface area contributed by atoms with Crippen molar-refractivity contribution in [2.75, 3.05) is 17.4 Å². The second-order valence-electron chi connectivity index (χ2n) is 9.46. The van der Waals surface area contributed by atoms with Gasteiger partial charge in [0.2, 0.25) is 11.8 Å². The van der Waals surface area contributed by atoms with Gasteiger partial charge in [0.1, 0.15) is 12.6 Å². The van der Waals surface area contributed by atoms with E-state index in [1.165, 1.54) is 17.0 Å². The summed E-state index contributed by atoms with van der Waals surface area (Å²) in [5, 5.41) is 2.86. The summed E-state index contributed by atoms with van der Waals surface area (Å²) in [5.74, 6) is -0.745. The Hall–Kier alpha value is -3.65. The van der Waals surface area contributed by atoms with Gasteiger partial charge >= 0.3 is 0 Å². The van der Waals surface area contributed by atoms with E-state index >= 15 is 0 Å². The largest absolute Gasteiger partial charge is 0.354 e. The predicted octanol–water partition coefficient (Wildman–Crippen LogP) is 4.75. The lowest BCUT2D eigenvalue weighted by Gasteiger charge is -2.33. The molecule has 1 N–H and O–H groups in total. The zero-order valence-corrected chi connectivity index (χ0v) is 23.6. The number of anilines is 1. The average molecular weight is 536 g/mol. The van der Waals surface area contributed by atoms with Crippen LogP contribution in [0.25, 0.3) is 0 Å². The third-order valence-electron chi connectivity index (χ3n) is 6.77. The summed E-state index contributed by atoms with van der Waals surface area (Å²) >= 11 is 0. The van der Waals surface area contributed by atoms with Gasteiger partial charge in [0.15, 0.2) is 0 Å². The van der Waals surface area contributed by atoms with Crippen molar-refractivity contribution < 1.29 is 18.0 Å². The molecule has 0 radical (unpaired) electrons. The Labute approximate surface area is 226 Å². The van der Waals surface area contributed by atoms with Gasteiger partial charge in [-0.05, 0) is 74.6 Å². The van der Waals surface area contributed by atoms with Gasteiger partial charge in [-0.3, -0.25) is 13.9 Å². The predicted molar refractivity (Wildman–Crippen MR) is 151 cm³/mol. The van der Waals surface area contributed by atoms with Crippen molar-refractivity contribution >= 4 is 27.5 Å². The third-order valence-corrected chi connectivity index (χ3v) is 8.55. The Bertz CT molecular complexity index is 1370. The zero-order valence-electron chi connectivity index (χ0n) is 22.8. The number of nitrogens with zero attached hydrogens (tertiary/aromatic N) is 2. The maximum atomic E-state index is 14.0. The number of carbonyl (C=O) groups excluding carboxylic acids is 2. The Kier molecular flexibility index (Phi) is 9.69. The van der Waals surface area contributed by atoms with Crippen molar-refractivity contribution in [2.45, 2.75) is 58.5 Å². The fourth-order valence-electron chi connectivity index (χ4n) is 4.19. The highest BCUT2D eigenvalue weighted by Crippen LogP contribution is 2.29. The van der Waals surface area contributed by atoms with Gasteiger partial charge in [0.05, 0.1) is 10.6 Å². The van der Waals surface area contributed by atoms with Crippen molar-refractivity contribution in [1.29, 1.82) is 0 Å². The second-order valence-corrected chi connectivity index (χ2v) is 11.3. The minimum atomic E-state index is -4.08. The highest BCUT2D eigenvalue weighted by atomic mass is 32.2. The normalized spacial score (nSPS) is 12.0. The molecule has 0 aliphatic heterocycles. The fraction of sp³-hybridized carbons (Fsp3) is 0.333. The molecule has 3 aromatic rings. The molecule has 202 valence electrons. The minimum Gasteiger partial charge on any atom is -0.354 e. The van der Waals surface area contributed by atoms with Crippen LogP contribution in [0.2, 0.25) is 0 Å². The highest BCUT2D eigenvalue weighted by molar-refractivity contribution is 7.92. The van der Waals surface area contributed by atoms with Crippen LogP contribution in [0, 0.1) is 20.8 Å². The first-order valence-corrected chi connectivity index (χ1v) is 14.3. The molecule has 1 unspecified atom stereocenters. The molecule has 0 saturated heterocycles. The van der Waals surface area contributed by atoms with Gasteiger partial charge in [0.25, 0.3) is 10.0 Å². The number of rotatable bonds is 11. The van der Waals surface area contributed by atoms with Crippen LogP contribution >= 0.6 is 0 Å². The van der Waals surface area contributed by atoms with Gasteiger partial charge in [-0.1, -0.05) is 61.5 Å². The van der Waals surface area contributed by atoms with Crippen molar-refractivity contribution in [2.24, 2.45) is 0 Å². The Morgan fingerprint density at radius 2 is 1.50 bits per heavy atom. The molecule has 0 heterocycles. The van der Waals surface area contributed by atoms with Crippen LogP contribution < -0.4 is 9.62 Å². The number of nitrogens with one attached hydrogen (secondary N) is 1. The van der Waals surface area contributed by atoms with E-state index in [0.717, 1.165) is 33.0 Å². The summed E-state index contributed by atoms with van der Waals surface area (Å²) in [6.45, 7) is 9.55. The lowest BCUT2D eigenvalue weighted by molar-refractivity contribution is -0.139. The van der Waals surface area contributed by atoms with Gasteiger partial charge < -0.3 is 10.2 Å². The van der Waals surface area contributed by atoms with Crippen LogP contribution in [-0.4, -0.2) is 44.3 Å². The molecule has 7 nitrogen and oxygen atoms in total. The van der Waals surface area contributed by atoms with Crippen molar-refractivity contribution in [3.05, 3.63) is 95.1 Å². The number of hydrogen-bond donors (Lipinski definition) is 1. The monoisotopic (exact) mass is 535 g/mol. The molecule has 0 aliphatic rings. The van der Waals surface area contributed by atoms with E-state index in [1.807, 2.05) is 58.0 Å². The van der Waals surface area contributed by atoms with Gasteiger partial charge in [-0.15, -0.1) is 0 Å². The Morgan fingerprint density at radius 1 is 0.868 bits per heavy atom. The fourth-order valence-corrected chi connectivity index (χ4v) is 5.68. The van der Waals surface area contributed by atoms with E-state index in [9.17, 15) is 18.0 Å². The first-order chi connectivity index (χ1) is 18.1. The van der Waals surface area contributed by atoms with E-state index in [-0.39, 0.29) is 17.3 Å². The van der Waals surface area contributed by atoms with Gasteiger partial charge in [-0.2, -0.15) is 0 Å². The summed E-state index contributed by atoms with van der Waals surface area (Å²) in [4.78, 5) is 28.5. The maximum absolute atomic E-state index is 14.0. The molecular weight excluding hydrogens is 498 g/mol. The molecule has 0 aliphatic carbocycles. The average Bonchev–Trinajstić information content (AvgIpc) is 2.91. The zero-order chi connectivity index (χ0) is 27.9. The van der Waals surface area contributed by atoms with Crippen LogP contribution in [0.5, 0.6) is 0 Å². The quantitative estimate of drug-likeness (QED) is 0.384. The van der Waals surface area contributed by atoms with E-state index in [2.05, 4.69) is 5.32 Å². The first kappa shape index (κ1) is 28.9. The van der Waals surface area contributed by atoms with Crippen LogP contribution in [-0.2, 0) is 26.2 Å². The van der Waals surface area contributed by atoms with E-state index in [1.54, 1.807) is 37.3 Å². The second kappa shape index (κ2) is 12.7. The first-order valence-electron chi connectivity index (χ1n) is 12.8. The molecule has 38 heavy (non-hydrogen) atoms. The van der Waals surface area contributed by atoms with E-state index in [4.69, 9.17) is 0 Å². The van der Waals surface area contributed by atoms with E-state index in [0.29, 0.717) is 12.2 Å². The van der Waals surface area contributed by atoms with Crippen LogP contribution in [0.15, 0.2) is 77.7 Å². The summed E-state index contributed by atoms with van der Waals surface area (Å²) in [6.07, 6.45) is 0.764. The number of hydrogen-bond acceptors (Lipinski definition) is 4. The molecule has 3 rings (SSSR count). The van der Waals surface area contributed by atoms with Crippen LogP contribution in [0.4, 0.5) is 5.69 Å². The number of aryl methyl sites for hydroxylation is 2. The molecule has 2 amide bonds. The molecule has 3 aromatic carbocycles.